The molecule has 1 saturated heterocycles. The van der Waals surface area contributed by atoms with Gasteiger partial charge in [0.15, 0.2) is 0 Å². The van der Waals surface area contributed by atoms with Crippen molar-refractivity contribution >= 4 is 17.3 Å². The van der Waals surface area contributed by atoms with Crippen LogP contribution in [0.15, 0.2) is 48.5 Å². The summed E-state index contributed by atoms with van der Waals surface area (Å²) in [5.74, 6) is 0.697. The second-order valence-corrected chi connectivity index (χ2v) is 7.07. The Morgan fingerprint density at radius 2 is 1.69 bits per heavy atom. The number of nitrogens with one attached hydrogen (secondary N) is 1. The van der Waals surface area contributed by atoms with Crippen molar-refractivity contribution in [2.45, 2.75) is 19.8 Å². The van der Waals surface area contributed by atoms with Crippen molar-refractivity contribution in [1.82, 2.24) is 4.90 Å². The van der Waals surface area contributed by atoms with Gasteiger partial charge in [-0.3, -0.25) is 9.69 Å². The molecule has 1 heterocycles. The van der Waals surface area contributed by atoms with Gasteiger partial charge in [0.05, 0.1) is 6.54 Å². The van der Waals surface area contributed by atoms with E-state index in [0.717, 1.165) is 43.1 Å². The van der Waals surface area contributed by atoms with Crippen molar-refractivity contribution in [3.8, 4) is 5.75 Å². The van der Waals surface area contributed by atoms with E-state index in [1.54, 1.807) is 12.1 Å². The zero-order valence-electron chi connectivity index (χ0n) is 15.5. The van der Waals surface area contributed by atoms with Gasteiger partial charge in [0.2, 0.25) is 5.91 Å². The Morgan fingerprint density at radius 3 is 2.35 bits per heavy atom. The zero-order chi connectivity index (χ0) is 18.5. The number of rotatable bonds is 5. The second-order valence-electron chi connectivity index (χ2n) is 7.07. The molecule has 0 atom stereocenters. The van der Waals surface area contributed by atoms with E-state index in [4.69, 9.17) is 0 Å². The average Bonchev–Trinajstić information content (AvgIpc) is 2.63. The van der Waals surface area contributed by atoms with Gasteiger partial charge in [-0.05, 0) is 41.8 Å². The van der Waals surface area contributed by atoms with Crippen LogP contribution in [0.5, 0.6) is 5.75 Å². The number of hydrogen-bond acceptors (Lipinski definition) is 4. The molecule has 0 spiro atoms. The number of hydrogen-bond donors (Lipinski definition) is 2. The number of carbonyl (C=O) groups excluding carboxylic acids is 1. The summed E-state index contributed by atoms with van der Waals surface area (Å²) in [5, 5.41) is 12.5. The predicted octanol–water partition coefficient (Wildman–Crippen LogP) is 3.28. The first-order valence-electron chi connectivity index (χ1n) is 9.18. The van der Waals surface area contributed by atoms with Gasteiger partial charge < -0.3 is 15.3 Å². The normalized spacial score (nSPS) is 15.3. The molecule has 1 aliphatic rings. The fraction of sp³-hybridized carbons (Fsp3) is 0.381. The fourth-order valence-electron chi connectivity index (χ4n) is 3.33. The minimum absolute atomic E-state index is 0.0381. The van der Waals surface area contributed by atoms with Crippen molar-refractivity contribution in [3.63, 3.8) is 0 Å². The summed E-state index contributed by atoms with van der Waals surface area (Å²) in [4.78, 5) is 16.9. The first kappa shape index (κ1) is 18.3. The molecular weight excluding hydrogens is 326 g/mol. The van der Waals surface area contributed by atoms with E-state index in [-0.39, 0.29) is 11.7 Å². The predicted molar refractivity (Wildman–Crippen MR) is 106 cm³/mol. The van der Waals surface area contributed by atoms with E-state index in [2.05, 4.69) is 35.0 Å². The molecule has 1 amide bonds. The van der Waals surface area contributed by atoms with Crippen LogP contribution in [0.3, 0.4) is 0 Å². The van der Waals surface area contributed by atoms with E-state index in [9.17, 15) is 9.90 Å². The highest BCUT2D eigenvalue weighted by molar-refractivity contribution is 5.93. The number of carbonyl (C=O) groups is 1. The molecule has 2 aromatic rings. The van der Waals surface area contributed by atoms with Gasteiger partial charge in [-0.15, -0.1) is 0 Å². The minimum Gasteiger partial charge on any atom is -0.508 e. The van der Waals surface area contributed by atoms with Gasteiger partial charge in [-0.25, -0.2) is 0 Å². The second kappa shape index (κ2) is 8.23. The molecule has 0 bridgehead atoms. The fourth-order valence-corrected chi connectivity index (χ4v) is 3.33. The highest BCUT2D eigenvalue weighted by Crippen LogP contribution is 2.24. The summed E-state index contributed by atoms with van der Waals surface area (Å²) in [6.45, 7) is 8.12. The standard InChI is InChI=1S/C21H27N3O2/c1-16(2)19-5-3-4-6-20(19)22-21(26)15-23-11-13-24(14-12-23)17-7-9-18(25)10-8-17/h3-10,16,25H,11-15H2,1-2H3,(H,22,26). The van der Waals surface area contributed by atoms with Crippen LogP contribution in [-0.2, 0) is 4.79 Å². The van der Waals surface area contributed by atoms with Crippen molar-refractivity contribution in [1.29, 1.82) is 0 Å². The molecule has 0 aliphatic carbocycles. The van der Waals surface area contributed by atoms with E-state index in [0.29, 0.717) is 12.5 Å². The summed E-state index contributed by atoms with van der Waals surface area (Å²) in [6.07, 6.45) is 0. The number of anilines is 2. The molecule has 26 heavy (non-hydrogen) atoms. The SMILES string of the molecule is CC(C)c1ccccc1NC(=O)CN1CCN(c2ccc(O)cc2)CC1. The van der Waals surface area contributed by atoms with Crippen molar-refractivity contribution in [2.75, 3.05) is 42.9 Å². The molecule has 2 aromatic carbocycles. The van der Waals surface area contributed by atoms with Gasteiger partial charge in [0.25, 0.3) is 0 Å². The van der Waals surface area contributed by atoms with E-state index in [1.165, 1.54) is 0 Å². The van der Waals surface area contributed by atoms with E-state index in [1.807, 2.05) is 30.3 Å². The third kappa shape index (κ3) is 4.55. The number of benzene rings is 2. The molecule has 0 unspecified atom stereocenters. The lowest BCUT2D eigenvalue weighted by atomic mass is 10.0. The molecule has 3 rings (SSSR count). The molecule has 2 N–H and O–H groups in total. The number of phenols is 1. The van der Waals surface area contributed by atoms with Crippen LogP contribution in [0.2, 0.25) is 0 Å². The van der Waals surface area contributed by atoms with Crippen LogP contribution in [0.25, 0.3) is 0 Å². The first-order chi connectivity index (χ1) is 12.5. The van der Waals surface area contributed by atoms with Crippen LogP contribution in [0.1, 0.15) is 25.3 Å². The molecule has 0 saturated carbocycles. The topological polar surface area (TPSA) is 55.8 Å². The van der Waals surface area contributed by atoms with Crippen molar-refractivity contribution < 1.29 is 9.90 Å². The molecule has 1 aliphatic heterocycles. The van der Waals surface area contributed by atoms with Crippen LogP contribution in [-0.4, -0.2) is 48.6 Å². The lowest BCUT2D eigenvalue weighted by molar-refractivity contribution is -0.117. The van der Waals surface area contributed by atoms with E-state index >= 15 is 0 Å². The van der Waals surface area contributed by atoms with Gasteiger partial charge in [-0.1, -0.05) is 32.0 Å². The monoisotopic (exact) mass is 353 g/mol. The van der Waals surface area contributed by atoms with E-state index < -0.39 is 0 Å². The maximum absolute atomic E-state index is 12.5. The first-order valence-corrected chi connectivity index (χ1v) is 9.18. The lowest BCUT2D eigenvalue weighted by Crippen LogP contribution is -2.48. The van der Waals surface area contributed by atoms with Crippen LogP contribution in [0, 0.1) is 0 Å². The maximum atomic E-state index is 12.5. The number of aromatic hydroxyl groups is 1. The molecule has 138 valence electrons. The zero-order valence-corrected chi connectivity index (χ0v) is 15.5. The summed E-state index contributed by atoms with van der Waals surface area (Å²) >= 11 is 0. The van der Waals surface area contributed by atoms with Crippen LogP contribution in [0.4, 0.5) is 11.4 Å². The Bertz CT molecular complexity index is 735. The van der Waals surface area contributed by atoms with Gasteiger partial charge >= 0.3 is 0 Å². The Balaban J connectivity index is 1.51. The number of piperazine rings is 1. The third-order valence-electron chi connectivity index (χ3n) is 4.81. The van der Waals surface area contributed by atoms with Crippen molar-refractivity contribution in [2.24, 2.45) is 0 Å². The molecular formula is C21H27N3O2. The molecule has 5 nitrogen and oxygen atoms in total. The maximum Gasteiger partial charge on any atom is 0.238 e. The number of phenolic OH excluding ortho intramolecular Hbond substituents is 1. The van der Waals surface area contributed by atoms with Crippen molar-refractivity contribution in [3.05, 3.63) is 54.1 Å². The van der Waals surface area contributed by atoms with Crippen LogP contribution < -0.4 is 10.2 Å². The Hall–Kier alpha value is -2.53. The minimum atomic E-state index is 0.0381. The summed E-state index contributed by atoms with van der Waals surface area (Å²) in [5.41, 5.74) is 3.19. The number of amides is 1. The third-order valence-corrected chi connectivity index (χ3v) is 4.81. The smallest absolute Gasteiger partial charge is 0.238 e. The summed E-state index contributed by atoms with van der Waals surface area (Å²) in [7, 11) is 0. The van der Waals surface area contributed by atoms with Gasteiger partial charge in [0, 0.05) is 37.6 Å². The molecule has 0 aromatic heterocycles. The number of nitrogens with zero attached hydrogens (tertiary/aromatic N) is 2. The average molecular weight is 353 g/mol. The molecule has 1 fully saturated rings. The van der Waals surface area contributed by atoms with Crippen LogP contribution >= 0.6 is 0 Å². The quantitative estimate of drug-likeness (QED) is 0.866. The van der Waals surface area contributed by atoms with Gasteiger partial charge in [-0.2, -0.15) is 0 Å². The Labute approximate surface area is 155 Å². The Morgan fingerprint density at radius 1 is 1.04 bits per heavy atom. The largest absolute Gasteiger partial charge is 0.508 e. The summed E-state index contributed by atoms with van der Waals surface area (Å²) in [6, 6.07) is 15.3. The molecule has 5 heteroatoms. The number of para-hydroxylation sites is 1. The molecule has 0 radical (unpaired) electrons. The highest BCUT2D eigenvalue weighted by Gasteiger charge is 2.19. The Kier molecular flexibility index (Phi) is 5.78. The summed E-state index contributed by atoms with van der Waals surface area (Å²) < 4.78 is 0. The highest BCUT2D eigenvalue weighted by atomic mass is 16.3. The lowest BCUT2D eigenvalue weighted by Gasteiger charge is -2.35. The van der Waals surface area contributed by atoms with Gasteiger partial charge in [0.1, 0.15) is 5.75 Å².